The molecule has 0 unspecified atom stereocenters. The molecule has 1 aromatic heterocycles. The third-order valence-corrected chi connectivity index (χ3v) is 4.42. The predicted octanol–water partition coefficient (Wildman–Crippen LogP) is 4.54. The van der Waals surface area contributed by atoms with E-state index in [1.165, 1.54) is 18.2 Å². The summed E-state index contributed by atoms with van der Waals surface area (Å²) in [5, 5.41) is 16.9. The van der Waals surface area contributed by atoms with Crippen LogP contribution in [0.5, 0.6) is 17.2 Å². The van der Waals surface area contributed by atoms with Crippen LogP contribution in [0.1, 0.15) is 10.4 Å². The number of nitrogens with one attached hydrogen (secondary N) is 1. The second-order valence-corrected chi connectivity index (χ2v) is 6.91. The zero-order chi connectivity index (χ0) is 22.8. The first-order valence-electron chi connectivity index (χ1n) is 8.11. The van der Waals surface area contributed by atoms with Gasteiger partial charge in [0, 0.05) is 14.7 Å². The molecular formula is C18H9F5IN3O4. The molecule has 0 aliphatic heterocycles. The summed E-state index contributed by atoms with van der Waals surface area (Å²) >= 11 is 1.63. The largest absolute Gasteiger partial charge is 0.594 e. The zero-order valence-electron chi connectivity index (χ0n) is 14.9. The molecule has 1 heterocycles. The minimum Gasteiger partial charge on any atom is -0.594 e. The monoisotopic (exact) mass is 553 g/mol. The fraction of sp³-hybridized carbons (Fsp3) is 0.0556. The maximum absolute atomic E-state index is 14.7. The molecule has 0 aliphatic carbocycles. The number of carbonyl (C=O) groups is 1. The number of hydrogen-bond acceptors (Lipinski definition) is 5. The first-order valence-corrected chi connectivity index (χ1v) is 9.19. The average molecular weight is 553 g/mol. The molecule has 0 radical (unpaired) electrons. The molecule has 1 amide bonds. The van der Waals surface area contributed by atoms with Crippen molar-refractivity contribution >= 4 is 34.2 Å². The number of halogens is 6. The number of benzene rings is 2. The van der Waals surface area contributed by atoms with Gasteiger partial charge in [0.2, 0.25) is 6.20 Å². The summed E-state index contributed by atoms with van der Waals surface area (Å²) in [7, 11) is 0. The highest BCUT2D eigenvalue weighted by atomic mass is 127. The first-order chi connectivity index (χ1) is 14.5. The van der Waals surface area contributed by atoms with Crippen LogP contribution in [0.4, 0.5) is 27.6 Å². The highest BCUT2D eigenvalue weighted by Gasteiger charge is 2.32. The maximum atomic E-state index is 14.7. The zero-order valence-corrected chi connectivity index (χ0v) is 17.1. The SMILES string of the molecule is O=C(Nc1ccn[n+]([O-])c1)c1c(Oc2ccc(OC(F)(F)F)c(F)c2)ccc(I)c1F. The smallest absolute Gasteiger partial charge is 0.573 e. The van der Waals surface area contributed by atoms with E-state index >= 15 is 0 Å². The Morgan fingerprint density at radius 2 is 1.84 bits per heavy atom. The fourth-order valence-corrected chi connectivity index (χ4v) is 2.80. The van der Waals surface area contributed by atoms with Crippen molar-refractivity contribution in [2.24, 2.45) is 0 Å². The lowest BCUT2D eigenvalue weighted by molar-refractivity contribution is -0.668. The van der Waals surface area contributed by atoms with Gasteiger partial charge in [-0.2, -0.15) is 0 Å². The third kappa shape index (κ3) is 5.68. The number of alkyl halides is 3. The van der Waals surface area contributed by atoms with Gasteiger partial charge in [-0.3, -0.25) is 4.79 Å². The summed E-state index contributed by atoms with van der Waals surface area (Å²) in [5.41, 5.74) is -0.559. The maximum Gasteiger partial charge on any atom is 0.573 e. The Labute approximate surface area is 184 Å². The number of ether oxygens (including phenoxy) is 2. The van der Waals surface area contributed by atoms with Crippen molar-refractivity contribution in [3.05, 3.63) is 74.8 Å². The van der Waals surface area contributed by atoms with Crippen LogP contribution in [0.25, 0.3) is 0 Å². The van der Waals surface area contributed by atoms with Crippen LogP contribution in [0.3, 0.4) is 0 Å². The lowest BCUT2D eigenvalue weighted by Crippen LogP contribution is -2.30. The second kappa shape index (κ2) is 8.87. The lowest BCUT2D eigenvalue weighted by atomic mass is 10.1. The van der Waals surface area contributed by atoms with E-state index in [0.717, 1.165) is 18.5 Å². The Hall–Kier alpha value is -3.23. The van der Waals surface area contributed by atoms with E-state index in [1.807, 2.05) is 0 Å². The van der Waals surface area contributed by atoms with E-state index in [1.54, 1.807) is 22.6 Å². The Bertz CT molecular complexity index is 1140. The molecule has 0 aliphatic rings. The van der Waals surface area contributed by atoms with Crippen molar-refractivity contribution in [3.63, 3.8) is 0 Å². The van der Waals surface area contributed by atoms with Crippen LogP contribution in [-0.4, -0.2) is 17.4 Å². The van der Waals surface area contributed by atoms with E-state index in [4.69, 9.17) is 4.74 Å². The van der Waals surface area contributed by atoms with Gasteiger partial charge in [0.25, 0.3) is 5.91 Å². The van der Waals surface area contributed by atoms with Gasteiger partial charge >= 0.3 is 6.36 Å². The van der Waals surface area contributed by atoms with E-state index in [9.17, 15) is 32.0 Å². The van der Waals surface area contributed by atoms with Gasteiger partial charge < -0.3 is 20.0 Å². The van der Waals surface area contributed by atoms with Crippen molar-refractivity contribution in [3.8, 4) is 17.2 Å². The van der Waals surface area contributed by atoms with Gasteiger partial charge in [-0.1, -0.05) is 4.85 Å². The molecule has 0 saturated heterocycles. The standard InChI is InChI=1S/C18H9F5IN3O4/c19-11-7-10(1-3-13(11)31-18(21,22)23)30-14-4-2-12(24)16(20)15(14)17(28)26-9-5-6-25-27(29)8-9/h1-8H,(H,26,28). The van der Waals surface area contributed by atoms with Crippen LogP contribution in [0.15, 0.2) is 48.8 Å². The molecule has 7 nitrogen and oxygen atoms in total. The third-order valence-electron chi connectivity index (χ3n) is 3.58. The first kappa shape index (κ1) is 22.5. The number of carbonyl (C=O) groups excluding carboxylic acids is 1. The number of nitrogens with zero attached hydrogens (tertiary/aromatic N) is 2. The molecule has 162 valence electrons. The van der Waals surface area contributed by atoms with Gasteiger partial charge in [-0.05, 0) is 52.9 Å². The van der Waals surface area contributed by atoms with E-state index in [-0.39, 0.29) is 25.6 Å². The highest BCUT2D eigenvalue weighted by Crippen LogP contribution is 2.33. The molecule has 1 N–H and O–H groups in total. The average Bonchev–Trinajstić information content (AvgIpc) is 2.66. The predicted molar refractivity (Wildman–Crippen MR) is 103 cm³/mol. The van der Waals surface area contributed by atoms with Crippen LogP contribution in [0.2, 0.25) is 0 Å². The van der Waals surface area contributed by atoms with Crippen molar-refractivity contribution in [2.45, 2.75) is 6.36 Å². The van der Waals surface area contributed by atoms with E-state index in [2.05, 4.69) is 15.2 Å². The molecule has 3 aromatic rings. The molecule has 0 atom stereocenters. The Kier molecular flexibility index (Phi) is 6.42. The molecule has 2 aromatic carbocycles. The number of rotatable bonds is 5. The fourth-order valence-electron chi connectivity index (χ4n) is 2.35. The van der Waals surface area contributed by atoms with Crippen molar-refractivity contribution < 1.29 is 41.1 Å². The van der Waals surface area contributed by atoms with Crippen molar-refractivity contribution in [1.82, 2.24) is 5.10 Å². The minimum atomic E-state index is -5.09. The van der Waals surface area contributed by atoms with Gasteiger partial charge in [0.15, 0.2) is 17.4 Å². The molecule has 13 heteroatoms. The number of aromatic nitrogens is 2. The minimum absolute atomic E-state index is 0.0129. The summed E-state index contributed by atoms with van der Waals surface area (Å²) in [6.45, 7) is 0. The van der Waals surface area contributed by atoms with Gasteiger partial charge in [-0.15, -0.1) is 13.2 Å². The summed E-state index contributed by atoms with van der Waals surface area (Å²) < 4.78 is 74.3. The summed E-state index contributed by atoms with van der Waals surface area (Å²) in [6.07, 6.45) is -3.06. The Morgan fingerprint density at radius 3 is 2.48 bits per heavy atom. The van der Waals surface area contributed by atoms with Crippen molar-refractivity contribution in [1.29, 1.82) is 0 Å². The summed E-state index contributed by atoms with van der Waals surface area (Å²) in [6, 6.07) is 5.99. The van der Waals surface area contributed by atoms with Crippen LogP contribution in [-0.2, 0) is 0 Å². The van der Waals surface area contributed by atoms with Gasteiger partial charge in [-0.25, -0.2) is 8.78 Å². The Balaban J connectivity index is 1.91. The topological polar surface area (TPSA) is 87.4 Å². The lowest BCUT2D eigenvalue weighted by Gasteiger charge is -2.14. The molecule has 0 bridgehead atoms. The highest BCUT2D eigenvalue weighted by molar-refractivity contribution is 14.1. The number of amides is 1. The molecule has 0 saturated carbocycles. The molecule has 0 spiro atoms. The van der Waals surface area contributed by atoms with Gasteiger partial charge in [0.1, 0.15) is 22.7 Å². The van der Waals surface area contributed by atoms with Crippen LogP contribution >= 0.6 is 22.6 Å². The van der Waals surface area contributed by atoms with Crippen LogP contribution < -0.4 is 19.6 Å². The van der Waals surface area contributed by atoms with Crippen molar-refractivity contribution in [2.75, 3.05) is 5.32 Å². The molecular weight excluding hydrogens is 544 g/mol. The van der Waals surface area contributed by atoms with Gasteiger partial charge in [0.05, 0.1) is 6.20 Å². The molecule has 31 heavy (non-hydrogen) atoms. The molecule has 0 fully saturated rings. The number of anilines is 1. The number of hydrogen-bond donors (Lipinski definition) is 1. The Morgan fingerprint density at radius 1 is 1.13 bits per heavy atom. The summed E-state index contributed by atoms with van der Waals surface area (Å²) in [5.74, 6) is -5.09. The normalized spacial score (nSPS) is 11.2. The molecule has 3 rings (SSSR count). The van der Waals surface area contributed by atoms with E-state index < -0.39 is 35.2 Å². The summed E-state index contributed by atoms with van der Waals surface area (Å²) in [4.78, 5) is 12.8. The quantitative estimate of drug-likeness (QED) is 0.217. The second-order valence-electron chi connectivity index (χ2n) is 5.75. The van der Waals surface area contributed by atoms with E-state index in [0.29, 0.717) is 12.1 Å². The van der Waals surface area contributed by atoms with Crippen LogP contribution in [0, 0.1) is 20.4 Å².